The van der Waals surface area contributed by atoms with Gasteiger partial charge in [-0.3, -0.25) is 4.79 Å². The van der Waals surface area contributed by atoms with Crippen LogP contribution in [-0.2, 0) is 0 Å². The third-order valence-corrected chi connectivity index (χ3v) is 1.96. The fraction of sp³-hybridized carbons (Fsp3) is 0.333. The molecule has 0 aliphatic carbocycles. The van der Waals surface area contributed by atoms with Crippen molar-refractivity contribution in [3.05, 3.63) is 16.6 Å². The molecule has 0 aromatic carbocycles. The van der Waals surface area contributed by atoms with Gasteiger partial charge in [-0.1, -0.05) is 0 Å². The van der Waals surface area contributed by atoms with Crippen molar-refractivity contribution in [3.63, 3.8) is 0 Å². The normalized spacial score (nSPS) is 8.91. The van der Waals surface area contributed by atoms with Gasteiger partial charge < -0.3 is 5.73 Å². The molecular weight excluding hydrogens is 184 g/mol. The summed E-state index contributed by atoms with van der Waals surface area (Å²) >= 11 is 1.28. The second kappa shape index (κ2) is 4.43. The summed E-state index contributed by atoms with van der Waals surface area (Å²) in [6.45, 7) is 1.87. The van der Waals surface area contributed by atoms with Gasteiger partial charge in [0.1, 0.15) is 0 Å². The minimum absolute atomic E-state index is 0. The first-order valence-electron chi connectivity index (χ1n) is 2.90. The van der Waals surface area contributed by atoms with Crippen LogP contribution in [0.5, 0.6) is 0 Å². The van der Waals surface area contributed by atoms with Crippen LogP contribution in [-0.4, -0.2) is 16.7 Å². The van der Waals surface area contributed by atoms with Crippen molar-refractivity contribution in [1.29, 1.82) is 0 Å². The van der Waals surface area contributed by atoms with E-state index >= 15 is 0 Å². The Balaban J connectivity index is 0.000001000. The van der Waals surface area contributed by atoms with Gasteiger partial charge in [0.15, 0.2) is 5.78 Å². The lowest BCUT2D eigenvalue weighted by atomic mass is 10.2. The van der Waals surface area contributed by atoms with E-state index < -0.39 is 0 Å². The molecule has 1 aromatic heterocycles. The summed E-state index contributed by atoms with van der Waals surface area (Å²) in [5.74, 6) is -0.0359. The highest BCUT2D eigenvalue weighted by molar-refractivity contribution is 7.03. The maximum Gasteiger partial charge on any atom is 0.179 e. The zero-order chi connectivity index (χ0) is 7.56. The van der Waals surface area contributed by atoms with E-state index in [9.17, 15) is 4.79 Å². The number of Topliss-reactive ketones (excluding diaryl/α,β-unsaturated/α-hetero) is 1. The molecule has 0 fully saturated rings. The largest absolute Gasteiger partial charge is 0.324 e. The predicted molar refractivity (Wildman–Crippen MR) is 47.5 cm³/mol. The molecule has 0 saturated carbocycles. The van der Waals surface area contributed by atoms with Gasteiger partial charge in [-0.15, -0.1) is 12.4 Å². The number of nitrogens with two attached hydrogens (primary N) is 1. The van der Waals surface area contributed by atoms with Gasteiger partial charge in [0.2, 0.25) is 0 Å². The second-order valence-corrected chi connectivity index (χ2v) is 2.57. The van der Waals surface area contributed by atoms with Gasteiger partial charge in [0, 0.05) is 5.38 Å². The summed E-state index contributed by atoms with van der Waals surface area (Å²) in [7, 11) is 0. The summed E-state index contributed by atoms with van der Waals surface area (Å²) in [6, 6.07) is 0. The number of nitrogens with zero attached hydrogens (tertiary/aromatic N) is 1. The molecule has 1 heterocycles. The number of carbonyl (C=O) groups is 1. The third kappa shape index (κ3) is 2.25. The minimum Gasteiger partial charge on any atom is -0.324 e. The molecule has 11 heavy (non-hydrogen) atoms. The summed E-state index contributed by atoms with van der Waals surface area (Å²) in [6.07, 6.45) is 0. The van der Waals surface area contributed by atoms with Crippen LogP contribution in [0.25, 0.3) is 0 Å². The number of rotatable bonds is 2. The highest BCUT2D eigenvalue weighted by Gasteiger charge is 2.07. The Labute approximate surface area is 75.2 Å². The molecule has 0 aliphatic rings. The van der Waals surface area contributed by atoms with E-state index in [4.69, 9.17) is 5.73 Å². The van der Waals surface area contributed by atoms with Crippen molar-refractivity contribution in [2.75, 3.05) is 6.54 Å². The number of hydrogen-bond acceptors (Lipinski definition) is 4. The number of carbonyl (C=O) groups excluding carboxylic acids is 1. The van der Waals surface area contributed by atoms with Crippen LogP contribution < -0.4 is 5.73 Å². The Bertz CT molecular complexity index is 248. The highest BCUT2D eigenvalue weighted by atomic mass is 35.5. The van der Waals surface area contributed by atoms with Crippen LogP contribution in [0.1, 0.15) is 16.1 Å². The first-order valence-corrected chi connectivity index (χ1v) is 3.73. The third-order valence-electron chi connectivity index (χ3n) is 1.24. The summed E-state index contributed by atoms with van der Waals surface area (Å²) in [5, 5.41) is 1.73. The number of halogens is 1. The number of aryl methyl sites for hydroxylation is 1. The fourth-order valence-corrected chi connectivity index (χ4v) is 1.39. The van der Waals surface area contributed by atoms with Crippen LogP contribution in [0.4, 0.5) is 0 Å². The molecule has 0 aliphatic heterocycles. The number of hydrogen-bond donors (Lipinski definition) is 1. The Kier molecular flexibility index (Phi) is 4.25. The molecule has 1 rings (SSSR count). The highest BCUT2D eigenvalue weighted by Crippen LogP contribution is 2.08. The molecule has 0 bridgehead atoms. The molecule has 0 unspecified atom stereocenters. The molecule has 5 heteroatoms. The van der Waals surface area contributed by atoms with Crippen molar-refractivity contribution in [2.24, 2.45) is 5.73 Å². The molecule has 3 nitrogen and oxygen atoms in total. The molecular formula is C6H9ClN2OS. The number of ketones is 1. The van der Waals surface area contributed by atoms with Crippen LogP contribution in [0, 0.1) is 6.92 Å². The van der Waals surface area contributed by atoms with Gasteiger partial charge in [0.05, 0.1) is 17.8 Å². The Morgan fingerprint density at radius 1 is 1.82 bits per heavy atom. The molecule has 0 atom stereocenters. The molecule has 0 radical (unpaired) electrons. The maximum atomic E-state index is 10.9. The van der Waals surface area contributed by atoms with Gasteiger partial charge in [-0.05, 0) is 18.5 Å². The molecule has 0 amide bonds. The zero-order valence-corrected chi connectivity index (χ0v) is 7.67. The van der Waals surface area contributed by atoms with Crippen molar-refractivity contribution in [1.82, 2.24) is 4.37 Å². The fourth-order valence-electron chi connectivity index (χ4n) is 0.670. The Morgan fingerprint density at radius 2 is 2.45 bits per heavy atom. The van der Waals surface area contributed by atoms with Gasteiger partial charge in [-0.2, -0.15) is 4.37 Å². The topological polar surface area (TPSA) is 56.0 Å². The lowest BCUT2D eigenvalue weighted by Gasteiger charge is -1.91. The first kappa shape index (κ1) is 10.6. The lowest BCUT2D eigenvalue weighted by Crippen LogP contribution is -2.13. The van der Waals surface area contributed by atoms with Crippen molar-refractivity contribution in [2.45, 2.75) is 6.92 Å². The van der Waals surface area contributed by atoms with Crippen LogP contribution >= 0.6 is 23.9 Å². The monoisotopic (exact) mass is 192 g/mol. The minimum atomic E-state index is -0.0359. The van der Waals surface area contributed by atoms with Crippen LogP contribution in [0.2, 0.25) is 0 Å². The summed E-state index contributed by atoms with van der Waals surface area (Å²) in [5.41, 5.74) is 6.60. The van der Waals surface area contributed by atoms with E-state index in [0.29, 0.717) is 5.56 Å². The number of aromatic nitrogens is 1. The van der Waals surface area contributed by atoms with Gasteiger partial charge in [0.25, 0.3) is 0 Å². The molecule has 2 N–H and O–H groups in total. The van der Waals surface area contributed by atoms with E-state index in [1.165, 1.54) is 11.5 Å². The molecule has 62 valence electrons. The predicted octanol–water partition coefficient (Wildman–Crippen LogP) is 1.01. The van der Waals surface area contributed by atoms with Gasteiger partial charge >= 0.3 is 0 Å². The SMILES string of the molecule is Cc1nscc1C(=O)CN.Cl. The molecule has 0 saturated heterocycles. The standard InChI is InChI=1S/C6H8N2OS.ClH/c1-4-5(3-10-8-4)6(9)2-7;/h3H,2,7H2,1H3;1H. The molecule has 0 spiro atoms. The van der Waals surface area contributed by atoms with E-state index in [1.807, 2.05) is 0 Å². The van der Waals surface area contributed by atoms with Crippen LogP contribution in [0.3, 0.4) is 0 Å². The first-order chi connectivity index (χ1) is 4.75. The van der Waals surface area contributed by atoms with Crippen LogP contribution in [0.15, 0.2) is 5.38 Å². The summed E-state index contributed by atoms with van der Waals surface area (Å²) < 4.78 is 3.95. The van der Waals surface area contributed by atoms with E-state index in [2.05, 4.69) is 4.37 Å². The Hall–Kier alpha value is -0.450. The van der Waals surface area contributed by atoms with Gasteiger partial charge in [-0.25, -0.2) is 0 Å². The quantitative estimate of drug-likeness (QED) is 0.712. The smallest absolute Gasteiger partial charge is 0.179 e. The molecule has 1 aromatic rings. The van der Waals surface area contributed by atoms with Crippen molar-refractivity contribution in [3.8, 4) is 0 Å². The summed E-state index contributed by atoms with van der Waals surface area (Å²) in [4.78, 5) is 10.9. The van der Waals surface area contributed by atoms with E-state index in [-0.39, 0.29) is 24.7 Å². The van der Waals surface area contributed by atoms with E-state index in [1.54, 1.807) is 12.3 Å². The lowest BCUT2D eigenvalue weighted by molar-refractivity contribution is 0.100. The average molecular weight is 193 g/mol. The van der Waals surface area contributed by atoms with E-state index in [0.717, 1.165) is 5.69 Å². The second-order valence-electron chi connectivity index (χ2n) is 1.94. The average Bonchev–Trinajstić information content (AvgIpc) is 2.34. The maximum absolute atomic E-state index is 10.9. The zero-order valence-electron chi connectivity index (χ0n) is 6.03. The Morgan fingerprint density at radius 3 is 2.82 bits per heavy atom. The van der Waals surface area contributed by atoms with Crippen molar-refractivity contribution < 1.29 is 4.79 Å². The van der Waals surface area contributed by atoms with Crippen molar-refractivity contribution >= 4 is 29.7 Å².